The van der Waals surface area contributed by atoms with E-state index in [0.29, 0.717) is 0 Å². The number of amides is 3. The van der Waals surface area contributed by atoms with Gasteiger partial charge in [-0.25, -0.2) is 9.18 Å². The third-order valence-electron chi connectivity index (χ3n) is 2.76. The van der Waals surface area contributed by atoms with Crippen molar-refractivity contribution in [2.75, 3.05) is 6.61 Å². The zero-order valence-corrected chi connectivity index (χ0v) is 13.4. The van der Waals surface area contributed by atoms with Gasteiger partial charge in [-0.3, -0.25) is 19.7 Å². The molecule has 0 heterocycles. The van der Waals surface area contributed by atoms with E-state index in [4.69, 9.17) is 0 Å². The summed E-state index contributed by atoms with van der Waals surface area (Å²) in [5.74, 6) is -2.32. The van der Waals surface area contributed by atoms with Crippen LogP contribution in [0, 0.1) is 5.82 Å². The van der Waals surface area contributed by atoms with Gasteiger partial charge in [-0.15, -0.1) is 0 Å². The number of ketones is 1. The number of benzene rings is 1. The van der Waals surface area contributed by atoms with E-state index in [1.165, 1.54) is 12.1 Å². The molecule has 0 aliphatic carbocycles. The molecule has 0 radical (unpaired) electrons. The van der Waals surface area contributed by atoms with Gasteiger partial charge < -0.3 is 10.1 Å². The molecule has 7 nitrogen and oxygen atoms in total. The number of carbonyl (C=O) groups excluding carboxylic acids is 4. The number of esters is 1. The van der Waals surface area contributed by atoms with Gasteiger partial charge in [0.1, 0.15) is 5.82 Å². The van der Waals surface area contributed by atoms with Gasteiger partial charge in [0.2, 0.25) is 0 Å². The van der Waals surface area contributed by atoms with Crippen molar-refractivity contribution in [3.63, 3.8) is 0 Å². The lowest BCUT2D eigenvalue weighted by atomic mass is 10.1. The molecule has 0 bridgehead atoms. The van der Waals surface area contributed by atoms with Gasteiger partial charge >= 0.3 is 12.0 Å². The van der Waals surface area contributed by atoms with Crippen LogP contribution < -0.4 is 10.6 Å². The summed E-state index contributed by atoms with van der Waals surface area (Å²) in [6.07, 6.45) is -0.346. The number of ether oxygens (including phenoxy) is 1. The summed E-state index contributed by atoms with van der Waals surface area (Å²) in [6.45, 7) is 2.83. The minimum absolute atomic E-state index is 0.125. The fraction of sp³-hybridized carbons (Fsp3) is 0.375. The Morgan fingerprint density at radius 3 is 2.29 bits per heavy atom. The summed E-state index contributed by atoms with van der Waals surface area (Å²) < 4.78 is 17.4. The quantitative estimate of drug-likeness (QED) is 0.580. The van der Waals surface area contributed by atoms with Crippen LogP contribution >= 0.6 is 0 Å². The Morgan fingerprint density at radius 1 is 1.08 bits per heavy atom. The molecule has 0 fully saturated rings. The molecule has 1 aromatic carbocycles. The van der Waals surface area contributed by atoms with E-state index in [1.54, 1.807) is 13.8 Å². The predicted octanol–water partition coefficient (Wildman–Crippen LogP) is 1.57. The van der Waals surface area contributed by atoms with Crippen molar-refractivity contribution in [2.45, 2.75) is 32.7 Å². The summed E-state index contributed by atoms with van der Waals surface area (Å²) >= 11 is 0. The standard InChI is InChI=1S/C16H19FN2O5/c1-10(2)18-16(23)19-14(21)9-24-15(22)8-7-13(20)11-3-5-12(17)6-4-11/h3-6,10H,7-9H2,1-2H3,(H2,18,19,21,23). The van der Waals surface area contributed by atoms with E-state index in [1.807, 2.05) is 5.32 Å². The minimum atomic E-state index is -0.772. The lowest BCUT2D eigenvalue weighted by Gasteiger charge is -2.09. The monoisotopic (exact) mass is 338 g/mol. The molecule has 0 saturated heterocycles. The maximum atomic E-state index is 12.7. The number of hydrogen-bond donors (Lipinski definition) is 2. The van der Waals surface area contributed by atoms with Crippen molar-refractivity contribution >= 4 is 23.7 Å². The molecule has 0 atom stereocenters. The van der Waals surface area contributed by atoms with Crippen molar-refractivity contribution in [3.8, 4) is 0 Å². The van der Waals surface area contributed by atoms with Crippen molar-refractivity contribution in [1.29, 1.82) is 0 Å². The van der Waals surface area contributed by atoms with Gasteiger partial charge in [-0.2, -0.15) is 0 Å². The highest BCUT2D eigenvalue weighted by Gasteiger charge is 2.13. The van der Waals surface area contributed by atoms with Crippen LogP contribution in [0.3, 0.4) is 0 Å². The lowest BCUT2D eigenvalue weighted by molar-refractivity contribution is -0.148. The molecule has 1 aromatic rings. The van der Waals surface area contributed by atoms with Crippen LogP contribution in [0.5, 0.6) is 0 Å². The average Bonchev–Trinajstić information content (AvgIpc) is 2.50. The van der Waals surface area contributed by atoms with E-state index in [9.17, 15) is 23.6 Å². The average molecular weight is 338 g/mol. The van der Waals surface area contributed by atoms with E-state index in [0.717, 1.165) is 12.1 Å². The summed E-state index contributed by atoms with van der Waals surface area (Å²) in [7, 11) is 0. The molecule has 1 rings (SSSR count). The first-order chi connectivity index (χ1) is 11.3. The number of carbonyl (C=O) groups is 4. The van der Waals surface area contributed by atoms with Crippen LogP contribution in [0.1, 0.15) is 37.0 Å². The second-order valence-electron chi connectivity index (χ2n) is 5.27. The van der Waals surface area contributed by atoms with Crippen molar-refractivity contribution in [3.05, 3.63) is 35.6 Å². The number of nitrogens with one attached hydrogen (secondary N) is 2. The predicted molar refractivity (Wildman–Crippen MR) is 82.7 cm³/mol. The Hall–Kier alpha value is -2.77. The van der Waals surface area contributed by atoms with E-state index in [-0.39, 0.29) is 30.2 Å². The van der Waals surface area contributed by atoms with Crippen LogP contribution in [-0.2, 0) is 14.3 Å². The molecule has 8 heteroatoms. The number of halogens is 1. The summed E-state index contributed by atoms with van der Waals surface area (Å²) in [5.41, 5.74) is 0.285. The summed E-state index contributed by atoms with van der Waals surface area (Å²) in [5, 5.41) is 4.43. The molecule has 3 amide bonds. The highest BCUT2D eigenvalue weighted by molar-refractivity contribution is 5.98. The Labute approximate surface area is 138 Å². The van der Waals surface area contributed by atoms with Gasteiger partial charge in [-0.05, 0) is 38.1 Å². The van der Waals surface area contributed by atoms with Gasteiger partial charge in [0.15, 0.2) is 12.4 Å². The van der Waals surface area contributed by atoms with Crippen molar-refractivity contribution in [2.24, 2.45) is 0 Å². The molecule has 0 aliphatic heterocycles. The van der Waals surface area contributed by atoms with Crippen molar-refractivity contribution < 1.29 is 28.3 Å². The molecule has 0 aliphatic rings. The van der Waals surface area contributed by atoms with Gasteiger partial charge in [-0.1, -0.05) is 0 Å². The van der Waals surface area contributed by atoms with E-state index >= 15 is 0 Å². The maximum absolute atomic E-state index is 12.7. The normalized spacial score (nSPS) is 10.2. The first-order valence-electron chi connectivity index (χ1n) is 7.32. The highest BCUT2D eigenvalue weighted by atomic mass is 19.1. The Bertz CT molecular complexity index is 613. The smallest absolute Gasteiger partial charge is 0.321 e. The lowest BCUT2D eigenvalue weighted by Crippen LogP contribution is -2.44. The number of rotatable bonds is 7. The number of Topliss-reactive ketones (excluding diaryl/α,β-unsaturated/α-hetero) is 1. The first-order valence-corrected chi connectivity index (χ1v) is 7.32. The molecule has 0 unspecified atom stereocenters. The molecule has 0 aromatic heterocycles. The Balaban J connectivity index is 2.28. The largest absolute Gasteiger partial charge is 0.456 e. The molecule has 2 N–H and O–H groups in total. The van der Waals surface area contributed by atoms with Gasteiger partial charge in [0, 0.05) is 18.0 Å². The van der Waals surface area contributed by atoms with E-state index < -0.39 is 30.3 Å². The SMILES string of the molecule is CC(C)NC(=O)NC(=O)COC(=O)CCC(=O)c1ccc(F)cc1. The van der Waals surface area contributed by atoms with Crippen molar-refractivity contribution in [1.82, 2.24) is 10.6 Å². The second kappa shape index (κ2) is 9.39. The maximum Gasteiger partial charge on any atom is 0.321 e. The van der Waals surface area contributed by atoms with Crippen LogP contribution in [-0.4, -0.2) is 36.3 Å². The number of imide groups is 1. The molecule has 0 saturated carbocycles. The Kier molecular flexibility index (Phi) is 7.54. The number of hydrogen-bond acceptors (Lipinski definition) is 5. The second-order valence-corrected chi connectivity index (χ2v) is 5.27. The molecule has 24 heavy (non-hydrogen) atoms. The minimum Gasteiger partial charge on any atom is -0.456 e. The summed E-state index contributed by atoms with van der Waals surface area (Å²) in [4.78, 5) is 45.9. The molecule has 130 valence electrons. The van der Waals surface area contributed by atoms with Gasteiger partial charge in [0.05, 0.1) is 6.42 Å². The molecular weight excluding hydrogens is 319 g/mol. The highest BCUT2D eigenvalue weighted by Crippen LogP contribution is 2.07. The summed E-state index contributed by atoms with van der Waals surface area (Å²) in [6, 6.07) is 4.12. The zero-order chi connectivity index (χ0) is 18.1. The first kappa shape index (κ1) is 19.3. The van der Waals surface area contributed by atoms with Crippen LogP contribution in [0.25, 0.3) is 0 Å². The van der Waals surface area contributed by atoms with Gasteiger partial charge in [0.25, 0.3) is 5.91 Å². The van der Waals surface area contributed by atoms with Crippen LogP contribution in [0.15, 0.2) is 24.3 Å². The van der Waals surface area contributed by atoms with Crippen LogP contribution in [0.4, 0.5) is 9.18 Å². The third-order valence-corrected chi connectivity index (χ3v) is 2.76. The van der Waals surface area contributed by atoms with Crippen LogP contribution in [0.2, 0.25) is 0 Å². The topological polar surface area (TPSA) is 102 Å². The fourth-order valence-electron chi connectivity index (χ4n) is 1.67. The Morgan fingerprint density at radius 2 is 1.71 bits per heavy atom. The third kappa shape index (κ3) is 7.48. The molecular formula is C16H19FN2O5. The fourth-order valence-corrected chi connectivity index (χ4v) is 1.67. The molecule has 0 spiro atoms. The van der Waals surface area contributed by atoms with E-state index in [2.05, 4.69) is 10.1 Å². The zero-order valence-electron chi connectivity index (χ0n) is 13.4. The number of urea groups is 1.